The van der Waals surface area contributed by atoms with E-state index < -0.39 is 0 Å². The number of fused-ring (bicyclic) bond motifs is 1. The van der Waals surface area contributed by atoms with E-state index in [1.54, 1.807) is 0 Å². The highest BCUT2D eigenvalue weighted by molar-refractivity contribution is 6.65. The number of nitrogens with zero attached hydrogens (tertiary/aromatic N) is 3. The molecule has 1 saturated heterocycles. The lowest BCUT2D eigenvalue weighted by molar-refractivity contribution is 0.353. The summed E-state index contributed by atoms with van der Waals surface area (Å²) in [5, 5.41) is 3.69. The third-order valence-corrected chi connectivity index (χ3v) is 3.93. The second kappa shape index (κ2) is 5.94. The SMILES string of the molecule is CC1=CCC=C2CC(N3CCNCC3)=NC(Cl)=NC2=C1. The predicted molar refractivity (Wildman–Crippen MR) is 84.3 cm³/mol. The minimum Gasteiger partial charge on any atom is -0.357 e. The molecule has 5 heteroatoms. The minimum atomic E-state index is 0.336. The number of amidine groups is 2. The molecule has 0 aromatic heterocycles. The number of hydrogen-bond acceptors (Lipinski definition) is 4. The Kier molecular flexibility index (Phi) is 4.03. The molecule has 4 nitrogen and oxygen atoms in total. The van der Waals surface area contributed by atoms with E-state index in [2.05, 4.69) is 45.4 Å². The van der Waals surface area contributed by atoms with Crippen molar-refractivity contribution in [1.29, 1.82) is 0 Å². The van der Waals surface area contributed by atoms with E-state index in [1.807, 2.05) is 0 Å². The van der Waals surface area contributed by atoms with Gasteiger partial charge in [0.2, 0.25) is 5.29 Å². The standard InChI is InChI=1S/C15H19ClN4/c1-11-3-2-4-12-10-14(20-7-5-17-6-8-20)19-15(16)18-13(12)9-11/h3-4,9,17H,2,5-8,10H2,1H3. The first-order chi connectivity index (χ1) is 9.72. The Bertz CT molecular complexity index is 548. The van der Waals surface area contributed by atoms with Crippen molar-refractivity contribution >= 4 is 22.7 Å². The van der Waals surface area contributed by atoms with Gasteiger partial charge >= 0.3 is 0 Å². The average molecular weight is 291 g/mol. The maximum atomic E-state index is 6.19. The zero-order valence-corrected chi connectivity index (χ0v) is 12.5. The van der Waals surface area contributed by atoms with Crippen LogP contribution in [0.25, 0.3) is 0 Å². The van der Waals surface area contributed by atoms with Gasteiger partial charge in [0.15, 0.2) is 0 Å². The highest BCUT2D eigenvalue weighted by Gasteiger charge is 2.21. The van der Waals surface area contributed by atoms with Crippen molar-refractivity contribution in [3.05, 3.63) is 35.1 Å². The molecule has 106 valence electrons. The van der Waals surface area contributed by atoms with Gasteiger partial charge in [-0.2, -0.15) is 0 Å². The minimum absolute atomic E-state index is 0.336. The van der Waals surface area contributed by atoms with Gasteiger partial charge in [0.25, 0.3) is 0 Å². The van der Waals surface area contributed by atoms with Gasteiger partial charge in [0.05, 0.1) is 5.70 Å². The molecule has 1 fully saturated rings. The Morgan fingerprint density at radius 2 is 2.00 bits per heavy atom. The van der Waals surface area contributed by atoms with Crippen molar-refractivity contribution < 1.29 is 0 Å². The fourth-order valence-corrected chi connectivity index (χ4v) is 2.86. The normalized spacial score (nSPS) is 23.5. The maximum Gasteiger partial charge on any atom is 0.224 e. The van der Waals surface area contributed by atoms with E-state index in [1.165, 1.54) is 11.1 Å². The van der Waals surface area contributed by atoms with Crippen LogP contribution in [0.5, 0.6) is 0 Å². The van der Waals surface area contributed by atoms with E-state index >= 15 is 0 Å². The first-order valence-corrected chi connectivity index (χ1v) is 7.45. The molecule has 0 spiro atoms. The fraction of sp³-hybridized carbons (Fsp3) is 0.467. The van der Waals surface area contributed by atoms with Crippen LogP contribution in [0.2, 0.25) is 0 Å². The molecule has 2 aliphatic heterocycles. The van der Waals surface area contributed by atoms with Gasteiger partial charge in [-0.1, -0.05) is 17.7 Å². The van der Waals surface area contributed by atoms with Gasteiger partial charge < -0.3 is 10.2 Å². The van der Waals surface area contributed by atoms with Crippen LogP contribution in [0.4, 0.5) is 0 Å². The van der Waals surface area contributed by atoms with Crippen LogP contribution in [0.3, 0.4) is 0 Å². The third-order valence-electron chi connectivity index (χ3n) is 3.76. The van der Waals surface area contributed by atoms with Crippen molar-refractivity contribution in [3.63, 3.8) is 0 Å². The Hall–Kier alpha value is -1.39. The largest absolute Gasteiger partial charge is 0.357 e. The predicted octanol–water partition coefficient (Wildman–Crippen LogP) is 2.45. The summed E-state index contributed by atoms with van der Waals surface area (Å²) in [4.78, 5) is 11.3. The Morgan fingerprint density at radius 3 is 2.80 bits per heavy atom. The fourth-order valence-electron chi connectivity index (χ4n) is 2.67. The highest BCUT2D eigenvalue weighted by Crippen LogP contribution is 2.26. The number of nitrogens with one attached hydrogen (secondary N) is 1. The van der Waals surface area contributed by atoms with E-state index in [9.17, 15) is 0 Å². The summed E-state index contributed by atoms with van der Waals surface area (Å²) in [6.45, 7) is 6.04. The molecule has 0 unspecified atom stereocenters. The van der Waals surface area contributed by atoms with E-state index in [-0.39, 0.29) is 0 Å². The molecule has 1 aliphatic carbocycles. The van der Waals surface area contributed by atoms with Crippen LogP contribution < -0.4 is 5.32 Å². The molecule has 2 heterocycles. The van der Waals surface area contributed by atoms with E-state index in [0.717, 1.165) is 50.6 Å². The van der Waals surface area contributed by atoms with Gasteiger partial charge in [-0.25, -0.2) is 9.98 Å². The first-order valence-electron chi connectivity index (χ1n) is 7.07. The van der Waals surface area contributed by atoms with Crippen LogP contribution in [0.1, 0.15) is 19.8 Å². The molecular formula is C15H19ClN4. The molecule has 0 atom stereocenters. The molecule has 0 amide bonds. The Labute approximate surface area is 124 Å². The van der Waals surface area contributed by atoms with E-state index in [0.29, 0.717) is 5.29 Å². The van der Waals surface area contributed by atoms with Crippen molar-refractivity contribution in [2.45, 2.75) is 19.8 Å². The molecule has 3 aliphatic rings. The number of piperazine rings is 1. The van der Waals surface area contributed by atoms with Crippen molar-refractivity contribution in [2.24, 2.45) is 9.98 Å². The monoisotopic (exact) mass is 290 g/mol. The lowest BCUT2D eigenvalue weighted by Gasteiger charge is -2.30. The summed E-state index contributed by atoms with van der Waals surface area (Å²) in [6, 6.07) is 0. The van der Waals surface area contributed by atoms with Crippen LogP contribution in [-0.2, 0) is 0 Å². The van der Waals surface area contributed by atoms with Crippen molar-refractivity contribution in [3.8, 4) is 0 Å². The number of halogens is 1. The highest BCUT2D eigenvalue weighted by atomic mass is 35.5. The van der Waals surface area contributed by atoms with Crippen molar-refractivity contribution in [1.82, 2.24) is 10.2 Å². The topological polar surface area (TPSA) is 40.0 Å². The number of hydrogen-bond donors (Lipinski definition) is 1. The second-order valence-corrected chi connectivity index (χ2v) is 5.60. The summed E-state index contributed by atoms with van der Waals surface area (Å²) in [7, 11) is 0. The molecule has 0 aromatic rings. The van der Waals surface area contributed by atoms with Gasteiger partial charge in [-0.05, 0) is 36.6 Å². The average Bonchev–Trinajstić information content (AvgIpc) is 2.69. The summed E-state index contributed by atoms with van der Waals surface area (Å²) in [5.41, 5.74) is 3.41. The van der Waals surface area contributed by atoms with Gasteiger partial charge in [0, 0.05) is 32.6 Å². The molecule has 0 aromatic carbocycles. The Balaban J connectivity index is 1.89. The lowest BCUT2D eigenvalue weighted by Crippen LogP contribution is -2.46. The summed E-state index contributed by atoms with van der Waals surface area (Å²) in [5.74, 6) is 1.04. The van der Waals surface area contributed by atoms with Gasteiger partial charge in [-0.15, -0.1) is 0 Å². The van der Waals surface area contributed by atoms with Gasteiger partial charge in [-0.3, -0.25) is 0 Å². The number of rotatable bonds is 0. The van der Waals surface area contributed by atoms with Crippen LogP contribution in [-0.4, -0.2) is 42.2 Å². The van der Waals surface area contributed by atoms with Crippen LogP contribution in [0.15, 0.2) is 45.1 Å². The molecular weight excluding hydrogens is 272 g/mol. The summed E-state index contributed by atoms with van der Waals surface area (Å²) < 4.78 is 0. The van der Waals surface area contributed by atoms with Gasteiger partial charge in [0.1, 0.15) is 5.84 Å². The lowest BCUT2D eigenvalue weighted by atomic mass is 10.1. The second-order valence-electron chi connectivity index (χ2n) is 5.27. The maximum absolute atomic E-state index is 6.19. The zero-order valence-electron chi connectivity index (χ0n) is 11.7. The smallest absolute Gasteiger partial charge is 0.224 e. The molecule has 0 bridgehead atoms. The third kappa shape index (κ3) is 3.02. The van der Waals surface area contributed by atoms with Crippen molar-refractivity contribution in [2.75, 3.05) is 26.2 Å². The molecule has 3 rings (SSSR count). The Morgan fingerprint density at radius 1 is 1.20 bits per heavy atom. The molecule has 0 radical (unpaired) electrons. The molecule has 20 heavy (non-hydrogen) atoms. The molecule has 1 N–H and O–H groups in total. The van der Waals surface area contributed by atoms with Crippen LogP contribution in [0, 0.1) is 0 Å². The van der Waals surface area contributed by atoms with Crippen LogP contribution >= 0.6 is 11.6 Å². The van der Waals surface area contributed by atoms with E-state index in [4.69, 9.17) is 11.6 Å². The number of aliphatic imine (C=N–C) groups is 2. The summed E-state index contributed by atoms with van der Waals surface area (Å²) in [6.07, 6.45) is 8.30. The quantitative estimate of drug-likeness (QED) is 0.696. The molecule has 0 saturated carbocycles. The first kappa shape index (κ1) is 13.6. The summed E-state index contributed by atoms with van der Waals surface area (Å²) >= 11 is 6.19. The number of allylic oxidation sites excluding steroid dienone is 5. The zero-order chi connectivity index (χ0) is 13.9.